The molecule has 0 bridgehead atoms. The smallest absolute Gasteiger partial charge is 0.326 e. The second kappa shape index (κ2) is 6.08. The number of hydrogen-bond acceptors (Lipinski definition) is 3. The Balaban J connectivity index is 2.15. The molecule has 4 N–H and O–H groups in total. The van der Waals surface area contributed by atoms with Crippen LogP contribution in [0.1, 0.15) is 12.0 Å². The van der Waals surface area contributed by atoms with Gasteiger partial charge in [0.15, 0.2) is 0 Å². The van der Waals surface area contributed by atoms with Gasteiger partial charge in [-0.1, -0.05) is 18.2 Å². The molecule has 0 saturated heterocycles. The summed E-state index contributed by atoms with van der Waals surface area (Å²) in [7, 11) is 0. The Labute approximate surface area is 119 Å². The fourth-order valence-corrected chi connectivity index (χ4v) is 2.10. The third-order valence-electron chi connectivity index (χ3n) is 3.04. The number of aliphatic carboxylic acids is 2. The van der Waals surface area contributed by atoms with Gasteiger partial charge in [-0.25, -0.2) is 4.79 Å². The minimum absolute atomic E-state index is 0.0741. The van der Waals surface area contributed by atoms with E-state index in [1.165, 1.54) is 0 Å². The van der Waals surface area contributed by atoms with E-state index in [0.29, 0.717) is 0 Å². The van der Waals surface area contributed by atoms with Crippen LogP contribution in [-0.4, -0.2) is 39.1 Å². The number of carboxylic acid groups (broad SMARTS) is 2. The number of rotatable bonds is 6. The first kappa shape index (κ1) is 14.6. The molecule has 0 aliphatic heterocycles. The molecular weight excluding hydrogens is 276 g/mol. The number of H-pyrrole nitrogens is 1. The van der Waals surface area contributed by atoms with Crippen LogP contribution in [0.15, 0.2) is 30.5 Å². The van der Waals surface area contributed by atoms with Gasteiger partial charge >= 0.3 is 11.9 Å². The fourth-order valence-electron chi connectivity index (χ4n) is 2.10. The third kappa shape index (κ3) is 3.59. The van der Waals surface area contributed by atoms with Crippen LogP contribution in [0, 0.1) is 0 Å². The maximum Gasteiger partial charge on any atom is 0.326 e. The molecule has 0 fully saturated rings. The van der Waals surface area contributed by atoms with Crippen molar-refractivity contribution in [1.82, 2.24) is 10.3 Å². The summed E-state index contributed by atoms with van der Waals surface area (Å²) in [4.78, 5) is 36.1. The van der Waals surface area contributed by atoms with Gasteiger partial charge in [0.1, 0.15) is 12.5 Å². The van der Waals surface area contributed by atoms with Crippen molar-refractivity contribution >= 4 is 28.7 Å². The number of amides is 1. The van der Waals surface area contributed by atoms with Gasteiger partial charge in [0, 0.05) is 23.5 Å². The lowest BCUT2D eigenvalue weighted by molar-refractivity contribution is -0.145. The molecule has 2 rings (SSSR count). The number of carboxylic acids is 2. The maximum absolute atomic E-state index is 11.4. The quantitative estimate of drug-likeness (QED) is 0.585. The monoisotopic (exact) mass is 290 g/mol. The number of aromatic nitrogens is 1. The van der Waals surface area contributed by atoms with Gasteiger partial charge in [-0.15, -0.1) is 0 Å². The van der Waals surface area contributed by atoms with Crippen molar-refractivity contribution in [3.63, 3.8) is 0 Å². The highest BCUT2D eigenvalue weighted by Crippen LogP contribution is 2.19. The first-order chi connectivity index (χ1) is 9.97. The van der Waals surface area contributed by atoms with E-state index in [0.717, 1.165) is 16.5 Å². The number of nitrogens with one attached hydrogen (secondary N) is 2. The Morgan fingerprint density at radius 1 is 1.19 bits per heavy atom. The Hall–Kier alpha value is -2.83. The van der Waals surface area contributed by atoms with Crippen molar-refractivity contribution < 1.29 is 24.6 Å². The molecule has 7 heteroatoms. The number of benzene rings is 1. The largest absolute Gasteiger partial charge is 0.481 e. The summed E-state index contributed by atoms with van der Waals surface area (Å²) in [6, 6.07) is 6.22. The second-order valence-corrected chi connectivity index (χ2v) is 4.59. The van der Waals surface area contributed by atoms with Crippen LogP contribution in [0.3, 0.4) is 0 Å². The molecule has 0 aliphatic carbocycles. The summed E-state index contributed by atoms with van der Waals surface area (Å²) < 4.78 is 0. The summed E-state index contributed by atoms with van der Waals surface area (Å²) in [6.45, 7) is 0. The molecule has 1 aromatic heterocycles. The van der Waals surface area contributed by atoms with E-state index in [1.54, 1.807) is 6.20 Å². The van der Waals surface area contributed by atoms with Gasteiger partial charge in [-0.05, 0) is 11.6 Å². The van der Waals surface area contributed by atoms with Crippen LogP contribution in [0.4, 0.5) is 0 Å². The van der Waals surface area contributed by atoms with E-state index in [-0.39, 0.29) is 6.42 Å². The van der Waals surface area contributed by atoms with E-state index in [9.17, 15) is 14.4 Å². The van der Waals surface area contributed by atoms with Gasteiger partial charge in [0.25, 0.3) is 0 Å². The van der Waals surface area contributed by atoms with Gasteiger partial charge in [-0.2, -0.15) is 0 Å². The number of fused-ring (bicyclic) bond motifs is 1. The van der Waals surface area contributed by atoms with Crippen molar-refractivity contribution in [2.45, 2.75) is 18.9 Å². The zero-order valence-corrected chi connectivity index (χ0v) is 11.0. The number of carbonyl (C=O) groups is 3. The van der Waals surface area contributed by atoms with E-state index in [2.05, 4.69) is 10.3 Å². The highest BCUT2D eigenvalue weighted by Gasteiger charge is 2.22. The predicted molar refractivity (Wildman–Crippen MR) is 73.8 cm³/mol. The predicted octanol–water partition coefficient (Wildman–Crippen LogP) is 0.754. The van der Waals surface area contributed by atoms with E-state index < -0.39 is 30.3 Å². The van der Waals surface area contributed by atoms with E-state index in [1.807, 2.05) is 24.3 Å². The molecule has 7 nitrogen and oxygen atoms in total. The van der Waals surface area contributed by atoms with Gasteiger partial charge in [-0.3, -0.25) is 9.59 Å². The van der Waals surface area contributed by atoms with Gasteiger partial charge in [0.05, 0.1) is 0 Å². The Kier molecular flexibility index (Phi) is 4.22. The van der Waals surface area contributed by atoms with Crippen LogP contribution >= 0.6 is 0 Å². The molecule has 0 unspecified atom stereocenters. The van der Waals surface area contributed by atoms with Crippen LogP contribution < -0.4 is 5.32 Å². The normalized spacial score (nSPS) is 12.0. The van der Waals surface area contributed by atoms with Crippen LogP contribution in [0.2, 0.25) is 0 Å². The topological polar surface area (TPSA) is 119 Å². The van der Waals surface area contributed by atoms with Crippen molar-refractivity contribution in [2.75, 3.05) is 0 Å². The third-order valence-corrected chi connectivity index (χ3v) is 3.04. The molecule has 1 heterocycles. The van der Waals surface area contributed by atoms with Crippen molar-refractivity contribution in [2.24, 2.45) is 0 Å². The molecular formula is C14H14N2O5. The number of para-hydroxylation sites is 1. The van der Waals surface area contributed by atoms with Gasteiger partial charge < -0.3 is 20.5 Å². The number of aromatic amines is 1. The Bertz CT molecular complexity index is 691. The SMILES string of the molecule is O=C(O)CC(=O)N[C@H](Cc1c[nH]c2ccccc12)C(=O)O. The highest BCUT2D eigenvalue weighted by atomic mass is 16.4. The van der Waals surface area contributed by atoms with Crippen LogP contribution in [0.5, 0.6) is 0 Å². The highest BCUT2D eigenvalue weighted by molar-refractivity contribution is 5.95. The van der Waals surface area contributed by atoms with Crippen molar-refractivity contribution in [3.8, 4) is 0 Å². The van der Waals surface area contributed by atoms with Crippen molar-refractivity contribution in [1.29, 1.82) is 0 Å². The number of carbonyl (C=O) groups excluding carboxylic acids is 1. The van der Waals surface area contributed by atoms with Crippen LogP contribution in [-0.2, 0) is 20.8 Å². The minimum Gasteiger partial charge on any atom is -0.481 e. The summed E-state index contributed by atoms with van der Waals surface area (Å²) >= 11 is 0. The Morgan fingerprint density at radius 3 is 2.57 bits per heavy atom. The summed E-state index contributed by atoms with van der Waals surface area (Å²) in [5, 5.41) is 20.8. The number of hydrogen-bond donors (Lipinski definition) is 4. The molecule has 1 amide bonds. The Morgan fingerprint density at radius 2 is 1.90 bits per heavy atom. The molecule has 21 heavy (non-hydrogen) atoms. The summed E-state index contributed by atoms with van der Waals surface area (Å²) in [5.74, 6) is -3.34. The summed E-state index contributed by atoms with van der Waals surface area (Å²) in [5.41, 5.74) is 1.61. The molecule has 2 aromatic rings. The molecule has 1 aromatic carbocycles. The molecule has 0 saturated carbocycles. The average molecular weight is 290 g/mol. The minimum atomic E-state index is -1.30. The summed E-state index contributed by atoms with van der Waals surface area (Å²) in [6.07, 6.45) is 1.01. The average Bonchev–Trinajstić information content (AvgIpc) is 2.80. The molecule has 0 spiro atoms. The fraction of sp³-hybridized carbons (Fsp3) is 0.214. The molecule has 0 aliphatic rings. The van der Waals surface area contributed by atoms with Crippen molar-refractivity contribution in [3.05, 3.63) is 36.0 Å². The first-order valence-corrected chi connectivity index (χ1v) is 6.26. The molecule has 0 radical (unpaired) electrons. The molecule has 1 atom stereocenters. The first-order valence-electron chi connectivity index (χ1n) is 6.26. The van der Waals surface area contributed by atoms with E-state index >= 15 is 0 Å². The zero-order chi connectivity index (χ0) is 15.4. The molecule has 110 valence electrons. The standard InChI is InChI=1S/C14H14N2O5/c17-12(6-13(18)19)16-11(14(20)21)5-8-7-15-10-4-2-1-3-9(8)10/h1-4,7,11,15H,5-6H2,(H,16,17)(H,18,19)(H,20,21)/t11-/m1/s1. The van der Waals surface area contributed by atoms with E-state index in [4.69, 9.17) is 10.2 Å². The lowest BCUT2D eigenvalue weighted by Gasteiger charge is -2.13. The second-order valence-electron chi connectivity index (χ2n) is 4.59. The zero-order valence-electron chi connectivity index (χ0n) is 11.0. The van der Waals surface area contributed by atoms with Crippen LogP contribution in [0.25, 0.3) is 10.9 Å². The maximum atomic E-state index is 11.4. The lowest BCUT2D eigenvalue weighted by Crippen LogP contribution is -2.42. The lowest BCUT2D eigenvalue weighted by atomic mass is 10.0. The van der Waals surface area contributed by atoms with Gasteiger partial charge in [0.2, 0.25) is 5.91 Å².